The van der Waals surface area contributed by atoms with E-state index >= 15 is 0 Å². The molecule has 0 amide bonds. The number of benzene rings is 11. The van der Waals surface area contributed by atoms with Gasteiger partial charge in [0.2, 0.25) is 0 Å². The maximum absolute atomic E-state index is 2.53. The summed E-state index contributed by atoms with van der Waals surface area (Å²) < 4.78 is 2.53. The smallest absolute Gasteiger partial charge is 0.0725 e. The minimum Gasteiger partial charge on any atom is -0.311 e. The largest absolute Gasteiger partial charge is 0.311 e. The summed E-state index contributed by atoms with van der Waals surface area (Å²) in [4.78, 5) is 2.33. The minimum absolute atomic E-state index is 0.650. The highest BCUT2D eigenvalue weighted by molar-refractivity contribution is 6.24. The fourth-order valence-electron chi connectivity index (χ4n) is 12.0. The van der Waals surface area contributed by atoms with Crippen LogP contribution in [0.5, 0.6) is 0 Å². The molecule has 2 aliphatic carbocycles. The zero-order valence-corrected chi connectivity index (χ0v) is 36.6. The molecule has 2 heteroatoms. The average molecular weight is 851 g/mol. The number of anilines is 3. The van der Waals surface area contributed by atoms with Gasteiger partial charge in [-0.15, -0.1) is 0 Å². The van der Waals surface area contributed by atoms with Crippen LogP contribution in [0, 0.1) is 0 Å². The van der Waals surface area contributed by atoms with Crippen molar-refractivity contribution in [1.82, 2.24) is 4.57 Å². The summed E-state index contributed by atoms with van der Waals surface area (Å²) in [6.07, 6.45) is 0. The molecule has 0 saturated heterocycles. The molecule has 67 heavy (non-hydrogen) atoms. The maximum atomic E-state index is 2.53. The predicted octanol–water partition coefficient (Wildman–Crippen LogP) is 17.1. The van der Waals surface area contributed by atoms with Crippen molar-refractivity contribution in [1.29, 1.82) is 0 Å². The van der Waals surface area contributed by atoms with Crippen LogP contribution < -0.4 is 4.90 Å². The lowest BCUT2D eigenvalue weighted by Gasteiger charge is -2.36. The van der Waals surface area contributed by atoms with Crippen molar-refractivity contribution in [3.63, 3.8) is 0 Å². The molecule has 0 atom stereocenters. The Morgan fingerprint density at radius 2 is 0.746 bits per heavy atom. The van der Waals surface area contributed by atoms with Crippen LogP contribution in [-0.4, -0.2) is 4.57 Å². The normalized spacial score (nSPS) is 12.9. The van der Waals surface area contributed by atoms with Gasteiger partial charge < -0.3 is 9.47 Å². The summed E-state index contributed by atoms with van der Waals surface area (Å²) in [5.41, 5.74) is 21.5. The van der Waals surface area contributed by atoms with E-state index < -0.39 is 5.41 Å². The number of nitrogens with zero attached hydrogens (tertiary/aromatic N) is 2. The molecule has 0 radical (unpaired) electrons. The SMILES string of the molecule is c1ccc(N(c2ccccc2)c2ccc(-n3c4ccc5c(c4c4ccc6ccccc6c43)-c3ccccc3C53c4ccccc4-c4ccccc4-c4ccccc4-c4ccccc43)cc2)cc1. The van der Waals surface area contributed by atoms with Gasteiger partial charge in [-0.25, -0.2) is 0 Å². The van der Waals surface area contributed by atoms with Crippen molar-refractivity contribution in [2.45, 2.75) is 5.41 Å². The Kier molecular flexibility index (Phi) is 8.23. The third kappa shape index (κ3) is 5.33. The number of hydrogen-bond acceptors (Lipinski definition) is 1. The van der Waals surface area contributed by atoms with Crippen molar-refractivity contribution >= 4 is 49.6 Å². The van der Waals surface area contributed by atoms with Gasteiger partial charge in [-0.3, -0.25) is 0 Å². The van der Waals surface area contributed by atoms with Crippen molar-refractivity contribution in [2.24, 2.45) is 0 Å². The van der Waals surface area contributed by atoms with Gasteiger partial charge in [-0.2, -0.15) is 0 Å². The first-order valence-electron chi connectivity index (χ1n) is 23.3. The average Bonchev–Trinajstić information content (AvgIpc) is 3.91. The zero-order valence-electron chi connectivity index (χ0n) is 36.6. The quantitative estimate of drug-likeness (QED) is 0.171. The van der Waals surface area contributed by atoms with E-state index in [1.165, 1.54) is 99.3 Å². The molecule has 14 rings (SSSR count). The Labute approximate surface area is 389 Å². The van der Waals surface area contributed by atoms with E-state index in [0.29, 0.717) is 0 Å². The second kappa shape index (κ2) is 14.7. The highest BCUT2D eigenvalue weighted by Gasteiger charge is 2.50. The molecule has 0 fully saturated rings. The molecule has 312 valence electrons. The van der Waals surface area contributed by atoms with Crippen molar-refractivity contribution < 1.29 is 0 Å². The molecule has 0 aliphatic heterocycles. The molecule has 1 heterocycles. The molecule has 1 aromatic heterocycles. The van der Waals surface area contributed by atoms with Gasteiger partial charge in [-0.05, 0) is 127 Å². The van der Waals surface area contributed by atoms with Crippen molar-refractivity contribution in [2.75, 3.05) is 4.90 Å². The van der Waals surface area contributed by atoms with E-state index in [0.717, 1.165) is 22.7 Å². The Morgan fingerprint density at radius 3 is 1.33 bits per heavy atom. The van der Waals surface area contributed by atoms with Crippen molar-refractivity contribution in [3.8, 4) is 50.2 Å². The minimum atomic E-state index is -0.650. The van der Waals surface area contributed by atoms with E-state index in [1.54, 1.807) is 0 Å². The first-order valence-corrected chi connectivity index (χ1v) is 23.3. The highest BCUT2D eigenvalue weighted by atomic mass is 15.1. The van der Waals surface area contributed by atoms with E-state index in [1.807, 2.05) is 0 Å². The monoisotopic (exact) mass is 850 g/mol. The Bertz CT molecular complexity index is 3790. The van der Waals surface area contributed by atoms with Crippen LogP contribution in [-0.2, 0) is 5.41 Å². The summed E-state index contributed by atoms with van der Waals surface area (Å²) in [6.45, 7) is 0. The number of aromatic nitrogens is 1. The first-order chi connectivity index (χ1) is 33.3. The topological polar surface area (TPSA) is 8.17 Å². The predicted molar refractivity (Wildman–Crippen MR) is 280 cm³/mol. The van der Waals surface area contributed by atoms with Crippen LogP contribution in [0.4, 0.5) is 17.1 Å². The van der Waals surface area contributed by atoms with Crippen LogP contribution >= 0.6 is 0 Å². The number of para-hydroxylation sites is 2. The molecular weight excluding hydrogens is 809 g/mol. The number of rotatable bonds is 4. The molecule has 11 aromatic carbocycles. The molecule has 0 saturated carbocycles. The number of hydrogen-bond donors (Lipinski definition) is 0. The lowest BCUT2D eigenvalue weighted by Crippen LogP contribution is -2.30. The van der Waals surface area contributed by atoms with E-state index in [4.69, 9.17) is 0 Å². The van der Waals surface area contributed by atoms with Gasteiger partial charge in [0.1, 0.15) is 0 Å². The van der Waals surface area contributed by atoms with E-state index in [-0.39, 0.29) is 0 Å². The zero-order chi connectivity index (χ0) is 44.1. The summed E-state index contributed by atoms with van der Waals surface area (Å²) in [5.74, 6) is 0. The van der Waals surface area contributed by atoms with E-state index in [2.05, 4.69) is 264 Å². The first kappa shape index (κ1) is 37.6. The van der Waals surface area contributed by atoms with Crippen LogP contribution in [0.2, 0.25) is 0 Å². The lowest BCUT2D eigenvalue weighted by molar-refractivity contribution is 0.773. The van der Waals surface area contributed by atoms with Gasteiger partial charge in [0.25, 0.3) is 0 Å². The Morgan fingerprint density at radius 1 is 0.299 bits per heavy atom. The highest BCUT2D eigenvalue weighted by Crippen LogP contribution is 2.63. The van der Waals surface area contributed by atoms with Gasteiger partial charge in [0, 0.05) is 38.9 Å². The standard InChI is InChI=1S/C65H42N2/c1-3-20-44(21-4-1)66(45-22-5-2-6-23-45)46-36-38-47(39-37-46)67-61-42-41-60-62(63(61)56-40-35-43-19-7-8-24-48(43)64(56)67)55-31-15-18-34-59(55)65(60)57-32-16-13-29-53(57)51-27-11-9-25-49(51)50-26-10-12-28-52(50)54-30-14-17-33-58(54)65/h1-42H. The Balaban J connectivity index is 1.10. The number of fused-ring (bicyclic) bond motifs is 20. The van der Waals surface area contributed by atoms with E-state index in [9.17, 15) is 0 Å². The lowest BCUT2D eigenvalue weighted by atomic mass is 9.64. The molecule has 2 nitrogen and oxygen atoms in total. The summed E-state index contributed by atoms with van der Waals surface area (Å²) >= 11 is 0. The van der Waals surface area contributed by atoms with Gasteiger partial charge in [0.15, 0.2) is 0 Å². The maximum Gasteiger partial charge on any atom is 0.0725 e. The molecule has 0 unspecified atom stereocenters. The van der Waals surface area contributed by atoms with Gasteiger partial charge in [-0.1, -0.05) is 200 Å². The molecule has 0 bridgehead atoms. The second-order valence-corrected chi connectivity index (χ2v) is 17.9. The van der Waals surface area contributed by atoms with Crippen LogP contribution in [0.3, 0.4) is 0 Å². The Hall–Kier alpha value is -8.72. The second-order valence-electron chi connectivity index (χ2n) is 17.9. The van der Waals surface area contributed by atoms with Crippen molar-refractivity contribution in [3.05, 3.63) is 277 Å². The van der Waals surface area contributed by atoms with Crippen LogP contribution in [0.15, 0.2) is 255 Å². The third-order valence-corrected chi connectivity index (χ3v) is 14.6. The van der Waals surface area contributed by atoms with Crippen LogP contribution in [0.1, 0.15) is 22.3 Å². The molecular formula is C65H42N2. The van der Waals surface area contributed by atoms with Crippen LogP contribution in [0.25, 0.3) is 82.8 Å². The summed E-state index contributed by atoms with van der Waals surface area (Å²) in [7, 11) is 0. The molecule has 1 spiro atoms. The fourth-order valence-corrected chi connectivity index (χ4v) is 12.0. The van der Waals surface area contributed by atoms with Gasteiger partial charge in [0.05, 0.1) is 16.4 Å². The summed E-state index contributed by atoms with van der Waals surface area (Å²) in [5, 5.41) is 4.98. The molecule has 12 aromatic rings. The third-order valence-electron chi connectivity index (χ3n) is 14.6. The molecule has 2 aliphatic rings. The summed E-state index contributed by atoms with van der Waals surface area (Å²) in [6, 6.07) is 94.6. The fraction of sp³-hybridized carbons (Fsp3) is 0.0154. The molecule has 0 N–H and O–H groups in total. The van der Waals surface area contributed by atoms with Gasteiger partial charge >= 0.3 is 0 Å².